The van der Waals surface area contributed by atoms with E-state index < -0.39 is 0 Å². The van der Waals surface area contributed by atoms with Crippen molar-refractivity contribution in [1.82, 2.24) is 19.9 Å². The van der Waals surface area contributed by atoms with Crippen molar-refractivity contribution >= 4 is 28.2 Å². The minimum absolute atomic E-state index is 0.0186. The van der Waals surface area contributed by atoms with E-state index in [1.54, 1.807) is 11.3 Å². The lowest BCUT2D eigenvalue weighted by Gasteiger charge is -2.14. The molecule has 1 amide bonds. The number of aryl methyl sites for hydroxylation is 2. The van der Waals surface area contributed by atoms with Crippen LogP contribution in [0.1, 0.15) is 29.6 Å². The maximum absolute atomic E-state index is 11.7. The zero-order valence-corrected chi connectivity index (χ0v) is 14.1. The van der Waals surface area contributed by atoms with Crippen molar-refractivity contribution in [3.63, 3.8) is 0 Å². The number of nitrogens with zero attached hydrogens (tertiary/aromatic N) is 4. The van der Waals surface area contributed by atoms with Crippen LogP contribution in [0.25, 0.3) is 0 Å². The molecule has 0 bridgehead atoms. The number of aromatic nitrogens is 3. The lowest BCUT2D eigenvalue weighted by molar-refractivity contribution is -0.125. The summed E-state index contributed by atoms with van der Waals surface area (Å²) in [5.74, 6) is 1.68. The van der Waals surface area contributed by atoms with Gasteiger partial charge < -0.3 is 10.2 Å². The van der Waals surface area contributed by atoms with E-state index in [9.17, 15) is 4.79 Å². The second-order valence-corrected chi connectivity index (χ2v) is 6.48. The van der Waals surface area contributed by atoms with Crippen LogP contribution in [0, 0.1) is 13.8 Å². The predicted molar refractivity (Wildman–Crippen MR) is 91.0 cm³/mol. The Morgan fingerprint density at radius 3 is 2.96 bits per heavy atom. The molecule has 0 radical (unpaired) electrons. The normalized spacial score (nSPS) is 17.3. The van der Waals surface area contributed by atoms with E-state index in [4.69, 9.17) is 0 Å². The van der Waals surface area contributed by atoms with Crippen LogP contribution in [0.3, 0.4) is 0 Å². The van der Waals surface area contributed by atoms with Crippen LogP contribution in [0.5, 0.6) is 0 Å². The maximum Gasteiger partial charge on any atom is 0.245 e. The van der Waals surface area contributed by atoms with E-state index in [-0.39, 0.29) is 11.8 Å². The zero-order valence-electron chi connectivity index (χ0n) is 13.2. The summed E-state index contributed by atoms with van der Waals surface area (Å²) in [5, 5.41) is 6.05. The fourth-order valence-corrected chi connectivity index (χ4v) is 3.41. The zero-order chi connectivity index (χ0) is 16.4. The second-order valence-electron chi connectivity index (χ2n) is 5.62. The molecule has 6 nitrogen and oxygen atoms in total. The number of carbonyl (C=O) groups excluding carboxylic acids is 1. The lowest BCUT2D eigenvalue weighted by atomic mass is 10.0. The minimum Gasteiger partial charge on any atom is -0.338 e. The largest absolute Gasteiger partial charge is 0.338 e. The number of likely N-dealkylation sites (tertiary alicyclic amines) is 1. The van der Waals surface area contributed by atoms with E-state index in [0.717, 1.165) is 35.3 Å². The third-order valence-corrected chi connectivity index (χ3v) is 4.68. The molecule has 7 heteroatoms. The van der Waals surface area contributed by atoms with Gasteiger partial charge in [-0.25, -0.2) is 15.0 Å². The quantitative estimate of drug-likeness (QED) is 0.873. The molecule has 2 aromatic heterocycles. The summed E-state index contributed by atoms with van der Waals surface area (Å²) in [6, 6.07) is 1.95. The van der Waals surface area contributed by atoms with Crippen LogP contribution in [-0.2, 0) is 4.79 Å². The Labute approximate surface area is 139 Å². The Bertz CT molecular complexity index is 742. The Balaban J connectivity index is 1.78. The van der Waals surface area contributed by atoms with E-state index in [1.807, 2.05) is 30.2 Å². The average Bonchev–Trinajstić information content (AvgIpc) is 3.15. The van der Waals surface area contributed by atoms with Gasteiger partial charge in [-0.3, -0.25) is 4.79 Å². The number of thiazole rings is 1. The molecule has 1 saturated heterocycles. The monoisotopic (exact) mass is 329 g/mol. The van der Waals surface area contributed by atoms with E-state index in [1.165, 1.54) is 6.08 Å². The van der Waals surface area contributed by atoms with Crippen molar-refractivity contribution in [3.05, 3.63) is 41.3 Å². The highest BCUT2D eigenvalue weighted by Crippen LogP contribution is 2.28. The van der Waals surface area contributed by atoms with Crippen LogP contribution in [0.15, 0.2) is 24.1 Å². The van der Waals surface area contributed by atoms with Gasteiger partial charge in [-0.2, -0.15) is 0 Å². The number of anilines is 2. The Kier molecular flexibility index (Phi) is 4.38. The van der Waals surface area contributed by atoms with Crippen molar-refractivity contribution in [2.24, 2.45) is 0 Å². The maximum atomic E-state index is 11.7. The SMILES string of the molecule is C=CC(=O)N1CC[C@@H](c2cc(Nc3nc(C)cs3)nc(C)n2)C1. The van der Waals surface area contributed by atoms with Gasteiger partial charge in [0, 0.05) is 30.5 Å². The third kappa shape index (κ3) is 3.56. The molecule has 120 valence electrons. The minimum atomic E-state index is -0.0186. The Hall–Kier alpha value is -2.28. The summed E-state index contributed by atoms with van der Waals surface area (Å²) >= 11 is 1.55. The molecule has 0 unspecified atom stereocenters. The molecule has 0 aliphatic carbocycles. The predicted octanol–water partition coefficient (Wildman–Crippen LogP) is 2.80. The Morgan fingerprint density at radius 2 is 2.26 bits per heavy atom. The molecule has 1 atom stereocenters. The van der Waals surface area contributed by atoms with Gasteiger partial charge in [0.2, 0.25) is 5.91 Å². The average molecular weight is 329 g/mol. The molecule has 1 N–H and O–H groups in total. The smallest absolute Gasteiger partial charge is 0.245 e. The van der Waals surface area contributed by atoms with Crippen molar-refractivity contribution in [1.29, 1.82) is 0 Å². The van der Waals surface area contributed by atoms with Gasteiger partial charge in [-0.15, -0.1) is 11.3 Å². The third-order valence-electron chi connectivity index (χ3n) is 3.80. The molecular formula is C16H19N5OS. The number of amides is 1. The van der Waals surface area contributed by atoms with E-state index in [2.05, 4.69) is 26.8 Å². The van der Waals surface area contributed by atoms with E-state index in [0.29, 0.717) is 12.4 Å². The lowest BCUT2D eigenvalue weighted by Crippen LogP contribution is -2.26. The molecule has 1 aliphatic heterocycles. The highest BCUT2D eigenvalue weighted by molar-refractivity contribution is 7.13. The number of rotatable bonds is 4. The van der Waals surface area contributed by atoms with Gasteiger partial charge in [0.15, 0.2) is 5.13 Å². The summed E-state index contributed by atoms with van der Waals surface area (Å²) in [4.78, 5) is 26.9. The van der Waals surface area contributed by atoms with Crippen LogP contribution >= 0.6 is 11.3 Å². The van der Waals surface area contributed by atoms with Crippen LogP contribution in [0.2, 0.25) is 0 Å². The standard InChI is InChI=1S/C16H19N5OS/c1-4-15(22)21-6-5-12(8-21)13-7-14(19-11(3)18-13)20-16-17-10(2)9-23-16/h4,7,9,12H,1,5-6,8H2,2-3H3,(H,17,18,19,20)/t12-/m1/s1. The first kappa shape index (κ1) is 15.6. The molecule has 1 aliphatic rings. The molecule has 0 aromatic carbocycles. The van der Waals surface area contributed by atoms with Gasteiger partial charge in [-0.05, 0) is 26.3 Å². The first-order valence-corrected chi connectivity index (χ1v) is 8.39. The van der Waals surface area contributed by atoms with Crippen molar-refractivity contribution in [2.45, 2.75) is 26.2 Å². The topological polar surface area (TPSA) is 71.0 Å². The fourth-order valence-electron chi connectivity index (χ4n) is 2.72. The summed E-state index contributed by atoms with van der Waals surface area (Å²) in [6.45, 7) is 8.81. The number of hydrogen-bond donors (Lipinski definition) is 1. The molecule has 3 rings (SSSR count). The van der Waals surface area contributed by atoms with Crippen molar-refractivity contribution < 1.29 is 4.79 Å². The fraction of sp³-hybridized carbons (Fsp3) is 0.375. The van der Waals surface area contributed by atoms with Gasteiger partial charge in [-0.1, -0.05) is 6.58 Å². The summed E-state index contributed by atoms with van der Waals surface area (Å²) in [6.07, 6.45) is 2.28. The number of carbonyl (C=O) groups is 1. The molecule has 0 spiro atoms. The summed E-state index contributed by atoms with van der Waals surface area (Å²) in [7, 11) is 0. The van der Waals surface area contributed by atoms with Crippen molar-refractivity contribution in [2.75, 3.05) is 18.4 Å². The molecule has 0 saturated carbocycles. The number of nitrogens with one attached hydrogen (secondary N) is 1. The molecule has 3 heterocycles. The molecule has 1 fully saturated rings. The second kappa shape index (κ2) is 6.45. The highest BCUT2D eigenvalue weighted by atomic mass is 32.1. The van der Waals surface area contributed by atoms with Gasteiger partial charge in [0.1, 0.15) is 11.6 Å². The Morgan fingerprint density at radius 1 is 1.43 bits per heavy atom. The first-order valence-electron chi connectivity index (χ1n) is 7.51. The van der Waals surface area contributed by atoms with Crippen LogP contribution in [-0.4, -0.2) is 38.8 Å². The van der Waals surface area contributed by atoms with Gasteiger partial charge >= 0.3 is 0 Å². The summed E-state index contributed by atoms with van der Waals surface area (Å²) < 4.78 is 0. The van der Waals surface area contributed by atoms with E-state index >= 15 is 0 Å². The number of hydrogen-bond acceptors (Lipinski definition) is 6. The van der Waals surface area contributed by atoms with Gasteiger partial charge in [0.05, 0.1) is 11.4 Å². The van der Waals surface area contributed by atoms with Crippen LogP contribution < -0.4 is 5.32 Å². The first-order chi connectivity index (χ1) is 11.0. The molecular weight excluding hydrogens is 310 g/mol. The molecule has 23 heavy (non-hydrogen) atoms. The van der Waals surface area contributed by atoms with Crippen LogP contribution in [0.4, 0.5) is 10.9 Å². The van der Waals surface area contributed by atoms with Gasteiger partial charge in [0.25, 0.3) is 0 Å². The highest BCUT2D eigenvalue weighted by Gasteiger charge is 2.27. The van der Waals surface area contributed by atoms with Crippen molar-refractivity contribution in [3.8, 4) is 0 Å². The summed E-state index contributed by atoms with van der Waals surface area (Å²) in [5.41, 5.74) is 1.95. The molecule has 2 aromatic rings.